The molecule has 0 saturated heterocycles. The second-order valence-corrected chi connectivity index (χ2v) is 6.45. The van der Waals surface area contributed by atoms with Crippen LogP contribution in [-0.2, 0) is 17.4 Å². The van der Waals surface area contributed by atoms with Crippen LogP contribution in [0.5, 0.6) is 0 Å². The molecule has 8 heteroatoms. The Morgan fingerprint density at radius 3 is 2.48 bits per heavy atom. The lowest BCUT2D eigenvalue weighted by Crippen LogP contribution is -2.40. The number of benzene rings is 2. The predicted octanol–water partition coefficient (Wildman–Crippen LogP) is 2.90. The van der Waals surface area contributed by atoms with Crippen molar-refractivity contribution in [2.24, 2.45) is 5.73 Å². The molecule has 0 bridgehead atoms. The summed E-state index contributed by atoms with van der Waals surface area (Å²) in [5.74, 6) is -1.29. The maximum absolute atomic E-state index is 13.1. The number of anilines is 1. The predicted molar refractivity (Wildman–Crippen MR) is 93.6 cm³/mol. The van der Waals surface area contributed by atoms with Gasteiger partial charge in [-0.2, -0.15) is 13.2 Å². The van der Waals surface area contributed by atoms with E-state index in [4.69, 9.17) is 11.5 Å². The molecule has 0 aliphatic heterocycles. The third-order valence-electron chi connectivity index (χ3n) is 4.67. The van der Waals surface area contributed by atoms with Crippen molar-refractivity contribution >= 4 is 17.5 Å². The summed E-state index contributed by atoms with van der Waals surface area (Å²) in [4.78, 5) is 25.7. The van der Waals surface area contributed by atoms with E-state index in [0.717, 1.165) is 17.7 Å². The number of nitrogen functional groups attached to an aromatic ring is 1. The van der Waals surface area contributed by atoms with Gasteiger partial charge in [-0.05, 0) is 48.2 Å². The number of carbonyl (C=O) groups is 2. The Labute approximate surface area is 153 Å². The molecule has 1 atom stereocenters. The SMILES string of the molecule is NC(=O)CN(C(=O)c1ccccc1N)C1CCc2ccc(C(F)(F)F)cc21. The van der Waals surface area contributed by atoms with Gasteiger partial charge in [0.25, 0.3) is 5.91 Å². The smallest absolute Gasteiger partial charge is 0.398 e. The highest BCUT2D eigenvalue weighted by molar-refractivity contribution is 6.00. The van der Waals surface area contributed by atoms with E-state index < -0.39 is 36.1 Å². The van der Waals surface area contributed by atoms with Gasteiger partial charge in [0.1, 0.15) is 6.54 Å². The number of hydrogen-bond acceptors (Lipinski definition) is 3. The lowest BCUT2D eigenvalue weighted by Gasteiger charge is -2.29. The van der Waals surface area contributed by atoms with Gasteiger partial charge in [0.05, 0.1) is 17.2 Å². The number of rotatable bonds is 4. The maximum atomic E-state index is 13.1. The van der Waals surface area contributed by atoms with E-state index in [-0.39, 0.29) is 11.3 Å². The summed E-state index contributed by atoms with van der Waals surface area (Å²) in [5.41, 5.74) is 11.9. The van der Waals surface area contributed by atoms with Crippen LogP contribution in [-0.4, -0.2) is 23.3 Å². The summed E-state index contributed by atoms with van der Waals surface area (Å²) in [6, 6.07) is 9.14. The van der Waals surface area contributed by atoms with Gasteiger partial charge < -0.3 is 16.4 Å². The number of amides is 2. The lowest BCUT2D eigenvalue weighted by atomic mass is 10.0. The van der Waals surface area contributed by atoms with Crippen LogP contribution in [0.15, 0.2) is 42.5 Å². The average Bonchev–Trinajstić information content (AvgIpc) is 3.01. The molecule has 1 unspecified atom stereocenters. The Hall–Kier alpha value is -3.03. The van der Waals surface area contributed by atoms with Gasteiger partial charge in [0.2, 0.25) is 5.91 Å². The Bertz CT molecular complexity index is 896. The van der Waals surface area contributed by atoms with E-state index >= 15 is 0 Å². The van der Waals surface area contributed by atoms with E-state index in [1.807, 2.05) is 0 Å². The molecule has 3 rings (SSSR count). The molecule has 1 aliphatic carbocycles. The number of fused-ring (bicyclic) bond motifs is 1. The molecule has 0 radical (unpaired) electrons. The minimum atomic E-state index is -4.50. The molecule has 2 amide bonds. The minimum Gasteiger partial charge on any atom is -0.398 e. The highest BCUT2D eigenvalue weighted by Gasteiger charge is 2.36. The molecule has 0 spiro atoms. The van der Waals surface area contributed by atoms with Crippen LogP contribution in [0.25, 0.3) is 0 Å². The van der Waals surface area contributed by atoms with Crippen LogP contribution < -0.4 is 11.5 Å². The number of primary amides is 1. The molecule has 2 aromatic carbocycles. The molecule has 5 nitrogen and oxygen atoms in total. The number of para-hydroxylation sites is 1. The van der Waals surface area contributed by atoms with Crippen LogP contribution in [0.3, 0.4) is 0 Å². The maximum Gasteiger partial charge on any atom is 0.416 e. The van der Waals surface area contributed by atoms with Gasteiger partial charge in [-0.15, -0.1) is 0 Å². The zero-order valence-corrected chi connectivity index (χ0v) is 14.3. The molecular formula is C19H18F3N3O2. The largest absolute Gasteiger partial charge is 0.416 e. The van der Waals surface area contributed by atoms with Crippen molar-refractivity contribution < 1.29 is 22.8 Å². The van der Waals surface area contributed by atoms with E-state index in [9.17, 15) is 22.8 Å². The summed E-state index contributed by atoms with van der Waals surface area (Å²) >= 11 is 0. The highest BCUT2D eigenvalue weighted by Crippen LogP contribution is 2.40. The van der Waals surface area contributed by atoms with Crippen LogP contribution in [0.1, 0.15) is 39.5 Å². The van der Waals surface area contributed by atoms with Crippen molar-refractivity contribution in [3.8, 4) is 0 Å². The molecule has 142 valence electrons. The Morgan fingerprint density at radius 2 is 1.85 bits per heavy atom. The zero-order valence-electron chi connectivity index (χ0n) is 14.3. The number of alkyl halides is 3. The highest BCUT2D eigenvalue weighted by atomic mass is 19.4. The molecule has 27 heavy (non-hydrogen) atoms. The van der Waals surface area contributed by atoms with Crippen LogP contribution in [0.4, 0.5) is 18.9 Å². The van der Waals surface area contributed by atoms with Gasteiger partial charge in [0.15, 0.2) is 0 Å². The first-order valence-corrected chi connectivity index (χ1v) is 8.32. The first-order chi connectivity index (χ1) is 12.7. The third-order valence-corrected chi connectivity index (χ3v) is 4.67. The molecule has 2 aromatic rings. The van der Waals surface area contributed by atoms with Crippen LogP contribution in [0.2, 0.25) is 0 Å². The van der Waals surface area contributed by atoms with Crippen molar-refractivity contribution in [1.29, 1.82) is 0 Å². The topological polar surface area (TPSA) is 89.4 Å². The van der Waals surface area contributed by atoms with Gasteiger partial charge in [-0.3, -0.25) is 9.59 Å². The number of carbonyl (C=O) groups excluding carboxylic acids is 2. The number of hydrogen-bond donors (Lipinski definition) is 2. The summed E-state index contributed by atoms with van der Waals surface area (Å²) < 4.78 is 39.3. The fraction of sp³-hybridized carbons (Fsp3) is 0.263. The van der Waals surface area contributed by atoms with Crippen molar-refractivity contribution in [2.75, 3.05) is 12.3 Å². The molecule has 0 saturated carbocycles. The quantitative estimate of drug-likeness (QED) is 0.803. The molecule has 1 aliphatic rings. The molecule has 0 aromatic heterocycles. The van der Waals surface area contributed by atoms with Crippen LogP contribution in [0, 0.1) is 0 Å². The summed E-state index contributed by atoms with van der Waals surface area (Å²) in [6.45, 7) is -0.409. The second-order valence-electron chi connectivity index (χ2n) is 6.45. The van der Waals surface area contributed by atoms with Crippen molar-refractivity contribution in [3.63, 3.8) is 0 Å². The fourth-order valence-corrected chi connectivity index (χ4v) is 3.42. The number of halogens is 3. The first kappa shape index (κ1) is 18.8. The number of aryl methyl sites for hydroxylation is 1. The Balaban J connectivity index is 2.02. The summed E-state index contributed by atoms with van der Waals surface area (Å²) in [5, 5.41) is 0. The van der Waals surface area contributed by atoms with E-state index in [2.05, 4.69) is 0 Å². The van der Waals surface area contributed by atoms with Crippen LogP contribution >= 0.6 is 0 Å². The van der Waals surface area contributed by atoms with E-state index in [1.165, 1.54) is 17.0 Å². The summed E-state index contributed by atoms with van der Waals surface area (Å²) in [6.07, 6.45) is -3.59. The third kappa shape index (κ3) is 3.74. The standard InChI is InChI=1S/C19H18F3N3O2/c20-19(21,22)12-7-5-11-6-8-16(14(11)9-12)25(10-17(24)26)18(27)13-3-1-2-4-15(13)23/h1-5,7,9,16H,6,8,10,23H2,(H2,24,26). The minimum absolute atomic E-state index is 0.180. The second kappa shape index (κ2) is 6.94. The van der Waals surface area contributed by atoms with Crippen molar-refractivity contribution in [2.45, 2.75) is 25.1 Å². The number of nitrogens with two attached hydrogens (primary N) is 2. The molecule has 4 N–H and O–H groups in total. The lowest BCUT2D eigenvalue weighted by molar-refractivity contribution is -0.137. The van der Waals surface area contributed by atoms with Crippen molar-refractivity contribution in [1.82, 2.24) is 4.90 Å². The summed E-state index contributed by atoms with van der Waals surface area (Å²) in [7, 11) is 0. The van der Waals surface area contributed by atoms with Crippen molar-refractivity contribution in [3.05, 3.63) is 64.7 Å². The molecule has 0 fully saturated rings. The number of nitrogens with zero attached hydrogens (tertiary/aromatic N) is 1. The first-order valence-electron chi connectivity index (χ1n) is 8.32. The Morgan fingerprint density at radius 1 is 1.15 bits per heavy atom. The Kier molecular flexibility index (Phi) is 4.82. The average molecular weight is 377 g/mol. The molecule has 0 heterocycles. The van der Waals surface area contributed by atoms with Gasteiger partial charge in [0, 0.05) is 5.69 Å². The monoisotopic (exact) mass is 377 g/mol. The normalized spacial score (nSPS) is 16.0. The van der Waals surface area contributed by atoms with Gasteiger partial charge in [-0.25, -0.2) is 0 Å². The van der Waals surface area contributed by atoms with E-state index in [0.29, 0.717) is 18.4 Å². The zero-order chi connectivity index (χ0) is 19.8. The van der Waals surface area contributed by atoms with Gasteiger partial charge >= 0.3 is 6.18 Å². The van der Waals surface area contributed by atoms with E-state index in [1.54, 1.807) is 18.2 Å². The fourth-order valence-electron chi connectivity index (χ4n) is 3.42. The molecular weight excluding hydrogens is 359 g/mol. The van der Waals surface area contributed by atoms with Gasteiger partial charge in [-0.1, -0.05) is 18.2 Å².